The molecule has 7 unspecified atom stereocenters. The van der Waals surface area contributed by atoms with Crippen LogP contribution in [0.3, 0.4) is 0 Å². The Morgan fingerprint density at radius 3 is 2.77 bits per heavy atom. The molecule has 8 atom stereocenters. The fourth-order valence-corrected chi connectivity index (χ4v) is 8.54. The molecule has 4 bridgehead atoms. The summed E-state index contributed by atoms with van der Waals surface area (Å²) < 4.78 is 51.2. The van der Waals surface area contributed by atoms with Gasteiger partial charge in [0.1, 0.15) is 6.17 Å². The van der Waals surface area contributed by atoms with Crippen molar-refractivity contribution in [2.24, 2.45) is 17.3 Å². The molecule has 4 saturated heterocycles. The lowest BCUT2D eigenvalue weighted by atomic mass is 9.90. The monoisotopic (exact) mass is 585 g/mol. The summed E-state index contributed by atoms with van der Waals surface area (Å²) in [6, 6.07) is 2.30. The van der Waals surface area contributed by atoms with E-state index in [1.165, 1.54) is 19.3 Å². The Hall–Kier alpha value is -1.05. The Kier molecular flexibility index (Phi) is 8.15. The van der Waals surface area contributed by atoms with Gasteiger partial charge in [0.25, 0.3) is 0 Å². The maximum atomic E-state index is 13.3. The molecular weight excluding hydrogens is 539 g/mol. The summed E-state index contributed by atoms with van der Waals surface area (Å²) in [5, 5.41) is 11.6. The third-order valence-electron chi connectivity index (χ3n) is 10.3. The highest BCUT2D eigenvalue weighted by atomic mass is 32.2. The smallest absolute Gasteiger partial charge is 0.394 e. The third-order valence-corrected chi connectivity index (χ3v) is 11.5. The van der Waals surface area contributed by atoms with Crippen LogP contribution < -0.4 is 20.2 Å². The number of ether oxygens (including phenoxy) is 1. The first-order valence-electron chi connectivity index (χ1n) is 15.2. The van der Waals surface area contributed by atoms with Crippen LogP contribution in [0, 0.1) is 17.3 Å². The summed E-state index contributed by atoms with van der Waals surface area (Å²) in [5.74, 6) is 1.56. The van der Waals surface area contributed by atoms with Gasteiger partial charge in [0.05, 0.1) is 18.2 Å². The minimum absolute atomic E-state index is 0.00125. The topological polar surface area (TPSA) is 69.6 Å². The number of piperidine rings is 1. The van der Waals surface area contributed by atoms with Crippen LogP contribution >= 0.6 is 11.9 Å². The van der Waals surface area contributed by atoms with Gasteiger partial charge in [-0.1, -0.05) is 11.9 Å². The van der Waals surface area contributed by atoms with E-state index in [9.17, 15) is 13.2 Å². The van der Waals surface area contributed by atoms with Gasteiger partial charge < -0.3 is 4.74 Å². The van der Waals surface area contributed by atoms with Gasteiger partial charge in [0.2, 0.25) is 5.88 Å². The number of nitrogens with one attached hydrogen (secondary N) is 3. The van der Waals surface area contributed by atoms with E-state index in [0.29, 0.717) is 29.0 Å². The van der Waals surface area contributed by atoms with Crippen LogP contribution in [0.1, 0.15) is 78.3 Å². The van der Waals surface area contributed by atoms with Crippen LogP contribution in [0.15, 0.2) is 12.3 Å². The predicted octanol–water partition coefficient (Wildman–Crippen LogP) is 4.53. The highest BCUT2D eigenvalue weighted by Crippen LogP contribution is 2.59. The lowest BCUT2D eigenvalue weighted by Gasteiger charge is -2.47. The molecule has 5 aliphatic rings. The molecule has 8 nitrogen and oxygen atoms in total. The Balaban J connectivity index is 1.12. The highest BCUT2D eigenvalue weighted by molar-refractivity contribution is 7.98. The van der Waals surface area contributed by atoms with Crippen molar-refractivity contribution in [3.05, 3.63) is 12.3 Å². The molecule has 1 saturated carbocycles. The Morgan fingerprint density at radius 1 is 1.18 bits per heavy atom. The fourth-order valence-electron chi connectivity index (χ4n) is 7.52. The number of hydrazine groups is 1. The van der Waals surface area contributed by atoms with Crippen molar-refractivity contribution in [1.29, 1.82) is 0 Å². The van der Waals surface area contributed by atoms with E-state index in [4.69, 9.17) is 4.74 Å². The molecule has 4 aliphatic heterocycles. The highest BCUT2D eigenvalue weighted by Gasteiger charge is 2.62. The van der Waals surface area contributed by atoms with Gasteiger partial charge in [0, 0.05) is 61.2 Å². The lowest BCUT2D eigenvalue weighted by Crippen LogP contribution is -2.60. The quantitative estimate of drug-likeness (QED) is 0.436. The Bertz CT molecular complexity index is 1020. The van der Waals surface area contributed by atoms with Gasteiger partial charge in [0.15, 0.2) is 0 Å². The van der Waals surface area contributed by atoms with Crippen LogP contribution in [0.5, 0.6) is 5.88 Å². The molecule has 0 aromatic carbocycles. The maximum Gasteiger partial charge on any atom is 0.394 e. The van der Waals surface area contributed by atoms with Crippen LogP contribution in [0.4, 0.5) is 13.2 Å². The molecule has 0 spiro atoms. The van der Waals surface area contributed by atoms with E-state index >= 15 is 0 Å². The molecule has 0 radical (unpaired) electrons. The van der Waals surface area contributed by atoms with Crippen LogP contribution in [0.25, 0.3) is 0 Å². The van der Waals surface area contributed by atoms with Crippen molar-refractivity contribution < 1.29 is 17.9 Å². The first-order valence-corrected chi connectivity index (χ1v) is 16.1. The zero-order valence-electron chi connectivity index (χ0n) is 24.1. The first kappa shape index (κ1) is 29.0. The predicted molar refractivity (Wildman–Crippen MR) is 150 cm³/mol. The number of rotatable bonds is 5. The van der Waals surface area contributed by atoms with Crippen LogP contribution in [0.2, 0.25) is 0 Å². The molecule has 12 heteroatoms. The van der Waals surface area contributed by atoms with Crippen LogP contribution in [-0.2, 0) is 0 Å². The van der Waals surface area contributed by atoms with Crippen molar-refractivity contribution in [3.63, 3.8) is 0 Å². The molecule has 0 amide bonds. The van der Waals surface area contributed by atoms with E-state index in [2.05, 4.69) is 51.2 Å². The van der Waals surface area contributed by atoms with Gasteiger partial charge in [-0.15, -0.1) is 5.10 Å². The van der Waals surface area contributed by atoms with Crippen molar-refractivity contribution >= 4 is 11.9 Å². The van der Waals surface area contributed by atoms with Crippen molar-refractivity contribution in [2.75, 3.05) is 32.8 Å². The van der Waals surface area contributed by atoms with Gasteiger partial charge in [-0.2, -0.15) is 13.2 Å². The fraction of sp³-hybridized carbons (Fsp3) is 0.893. The van der Waals surface area contributed by atoms with E-state index in [-0.39, 0.29) is 43.7 Å². The molecule has 226 valence electrons. The molecule has 1 aliphatic carbocycles. The van der Waals surface area contributed by atoms with Crippen molar-refractivity contribution in [1.82, 2.24) is 35.2 Å². The van der Waals surface area contributed by atoms with Crippen molar-refractivity contribution in [2.45, 2.75) is 107 Å². The number of alkyl halides is 3. The second-order valence-electron chi connectivity index (χ2n) is 13.5. The molecule has 5 fully saturated rings. The largest absolute Gasteiger partial charge is 0.477 e. The number of hydrogen-bond acceptors (Lipinski definition) is 8. The molecule has 5 heterocycles. The standard InChI is InChI=1S/C28H46F3N7OS/c1-19-22-17-32-37(19)12-4-5-20-15-26(2,3)36(18-20)25-21(16-33-40-22)6-7-23(34-25)38-13-8-24(35-38)39-14-11-27(9-10-27)28(29,30)31/h8,13,19-23,25,32-34H,4-7,9-12,14-18H2,1-3H3/t19?,20-,21?,22?,23?,25?/m0/s1. The average Bonchev–Trinajstić information content (AvgIpc) is 3.27. The van der Waals surface area contributed by atoms with E-state index < -0.39 is 11.6 Å². The number of aromatic nitrogens is 2. The van der Waals surface area contributed by atoms with Crippen LogP contribution in [-0.4, -0.2) is 81.6 Å². The third kappa shape index (κ3) is 5.90. The van der Waals surface area contributed by atoms with Gasteiger partial charge in [-0.25, -0.2) is 5.01 Å². The van der Waals surface area contributed by atoms with E-state index in [1.54, 1.807) is 6.07 Å². The second-order valence-corrected chi connectivity index (χ2v) is 14.6. The molecular formula is C28H46F3N7OS. The summed E-state index contributed by atoms with van der Waals surface area (Å²) in [7, 11) is 0. The van der Waals surface area contributed by atoms with E-state index in [0.717, 1.165) is 39.0 Å². The number of halogens is 3. The minimum Gasteiger partial charge on any atom is -0.477 e. The summed E-state index contributed by atoms with van der Waals surface area (Å²) in [6.07, 6.45) is 4.09. The maximum absolute atomic E-state index is 13.3. The first-order chi connectivity index (χ1) is 19.0. The summed E-state index contributed by atoms with van der Waals surface area (Å²) >= 11 is 1.88. The molecule has 1 aromatic heterocycles. The summed E-state index contributed by atoms with van der Waals surface area (Å²) in [5.41, 5.74) is 2.19. The minimum atomic E-state index is -4.15. The zero-order valence-corrected chi connectivity index (χ0v) is 24.9. The van der Waals surface area contributed by atoms with E-state index in [1.807, 2.05) is 22.8 Å². The molecule has 3 N–H and O–H groups in total. The number of fused-ring (bicyclic) bond motifs is 6. The zero-order chi connectivity index (χ0) is 28.1. The second kappa shape index (κ2) is 11.2. The van der Waals surface area contributed by atoms with Gasteiger partial charge in [-0.3, -0.25) is 25.0 Å². The lowest BCUT2D eigenvalue weighted by molar-refractivity contribution is -0.190. The number of hydrogen-bond donors (Lipinski definition) is 3. The Labute approximate surface area is 240 Å². The number of nitrogens with zero attached hydrogens (tertiary/aromatic N) is 4. The van der Waals surface area contributed by atoms with Gasteiger partial charge in [-0.05, 0) is 78.1 Å². The molecule has 6 rings (SSSR count). The summed E-state index contributed by atoms with van der Waals surface area (Å²) in [4.78, 5) is 2.70. The van der Waals surface area contributed by atoms with Gasteiger partial charge >= 0.3 is 6.18 Å². The normalized spacial score (nSPS) is 39.4. The molecule has 1 aromatic rings. The Morgan fingerprint density at radius 2 is 2.00 bits per heavy atom. The average molecular weight is 586 g/mol. The molecule has 40 heavy (non-hydrogen) atoms. The van der Waals surface area contributed by atoms with Crippen molar-refractivity contribution in [3.8, 4) is 5.88 Å². The summed E-state index contributed by atoms with van der Waals surface area (Å²) in [6.45, 7) is 11.3. The SMILES string of the molecule is CC1C2CNN1CCC[C@@H]1CN(C3NC(n4ccc(OCCC5(C(F)(F)F)CC5)n4)CCC3CNS2)C(C)(C)C1.